The van der Waals surface area contributed by atoms with E-state index in [2.05, 4.69) is 0 Å². The van der Waals surface area contributed by atoms with E-state index in [1.165, 1.54) is 6.08 Å². The van der Waals surface area contributed by atoms with Gasteiger partial charge in [-0.2, -0.15) is 0 Å². The van der Waals surface area contributed by atoms with Crippen LogP contribution in [0.3, 0.4) is 0 Å². The van der Waals surface area contributed by atoms with Gasteiger partial charge in [0.15, 0.2) is 0 Å². The zero-order valence-corrected chi connectivity index (χ0v) is 14.4. The summed E-state index contributed by atoms with van der Waals surface area (Å²) in [5.41, 5.74) is 2.24. The molecule has 5 nitrogen and oxygen atoms in total. The third kappa shape index (κ3) is 4.89. The van der Waals surface area contributed by atoms with Crippen LogP contribution in [0.2, 0.25) is 0 Å². The molecule has 134 valence electrons. The molecule has 0 radical (unpaired) electrons. The molecule has 0 heterocycles. The first-order valence-corrected chi connectivity index (χ1v) is 8.37. The fourth-order valence-corrected chi connectivity index (χ4v) is 2.76. The number of carbonyl (C=O) groups excluding carboxylic acids is 1. The quantitative estimate of drug-likeness (QED) is 0.277. The van der Waals surface area contributed by atoms with Gasteiger partial charge in [0.25, 0.3) is 0 Å². The standard InChI is InChI=1S/C22H17NO4/c24-22(27-20-13-7-8-17(16-20)14-15-23(25)26)21(18-9-3-1-4-10-18)19-11-5-2-6-12-19/h1-16,21H. The number of nitro groups is 1. The summed E-state index contributed by atoms with van der Waals surface area (Å²) < 4.78 is 5.59. The zero-order valence-electron chi connectivity index (χ0n) is 14.4. The molecule has 0 amide bonds. The summed E-state index contributed by atoms with van der Waals surface area (Å²) in [5, 5.41) is 10.5. The first-order valence-electron chi connectivity index (χ1n) is 8.37. The Labute approximate surface area is 156 Å². The van der Waals surface area contributed by atoms with Crippen molar-refractivity contribution in [1.82, 2.24) is 0 Å². The van der Waals surface area contributed by atoms with Crippen LogP contribution in [0.15, 0.2) is 91.1 Å². The lowest BCUT2D eigenvalue weighted by atomic mass is 9.91. The van der Waals surface area contributed by atoms with Gasteiger partial charge in [-0.3, -0.25) is 14.9 Å². The Hall–Kier alpha value is -3.73. The normalized spacial score (nSPS) is 10.9. The lowest BCUT2D eigenvalue weighted by molar-refractivity contribution is -0.400. The van der Waals surface area contributed by atoms with Gasteiger partial charge in [0.05, 0.1) is 4.92 Å². The van der Waals surface area contributed by atoms with Crippen LogP contribution < -0.4 is 4.74 Å². The van der Waals surface area contributed by atoms with Gasteiger partial charge in [-0.25, -0.2) is 0 Å². The van der Waals surface area contributed by atoms with E-state index in [0.29, 0.717) is 11.3 Å². The van der Waals surface area contributed by atoms with Crippen LogP contribution in [0.4, 0.5) is 0 Å². The van der Waals surface area contributed by atoms with Crippen LogP contribution in [0.1, 0.15) is 22.6 Å². The fourth-order valence-electron chi connectivity index (χ4n) is 2.76. The largest absolute Gasteiger partial charge is 0.426 e. The highest BCUT2D eigenvalue weighted by atomic mass is 16.6. The Kier molecular flexibility index (Phi) is 5.74. The molecule has 0 unspecified atom stereocenters. The fraction of sp³-hybridized carbons (Fsp3) is 0.0455. The summed E-state index contributed by atoms with van der Waals surface area (Å²) in [7, 11) is 0. The topological polar surface area (TPSA) is 69.4 Å². The number of hydrogen-bond acceptors (Lipinski definition) is 4. The van der Waals surface area contributed by atoms with Crippen molar-refractivity contribution < 1.29 is 14.5 Å². The Morgan fingerprint density at radius 1 is 0.889 bits per heavy atom. The summed E-state index contributed by atoms with van der Waals surface area (Å²) in [4.78, 5) is 22.9. The van der Waals surface area contributed by atoms with Crippen LogP contribution in [0.25, 0.3) is 6.08 Å². The molecule has 0 saturated heterocycles. The Morgan fingerprint density at radius 3 is 2.04 bits per heavy atom. The van der Waals surface area contributed by atoms with Gasteiger partial charge in [0.2, 0.25) is 6.20 Å². The molecular weight excluding hydrogens is 342 g/mol. The molecule has 0 saturated carbocycles. The predicted octanol–water partition coefficient (Wildman–Crippen LogP) is 4.67. The third-order valence-electron chi connectivity index (χ3n) is 3.97. The predicted molar refractivity (Wildman–Crippen MR) is 103 cm³/mol. The van der Waals surface area contributed by atoms with E-state index in [9.17, 15) is 14.9 Å². The average molecular weight is 359 g/mol. The van der Waals surface area contributed by atoms with Crippen molar-refractivity contribution in [1.29, 1.82) is 0 Å². The molecule has 0 aliphatic carbocycles. The lowest BCUT2D eigenvalue weighted by Gasteiger charge is -2.17. The first-order chi connectivity index (χ1) is 13.1. The van der Waals surface area contributed by atoms with E-state index in [0.717, 1.165) is 17.3 Å². The minimum atomic E-state index is -0.564. The SMILES string of the molecule is O=C(Oc1cccc(C=C[N+](=O)[O-])c1)C(c1ccccc1)c1ccccc1. The van der Waals surface area contributed by atoms with Gasteiger partial charge in [0.1, 0.15) is 11.7 Å². The summed E-state index contributed by atoms with van der Waals surface area (Å²) in [6.07, 6.45) is 2.20. The van der Waals surface area contributed by atoms with E-state index in [1.54, 1.807) is 24.3 Å². The molecule has 0 aliphatic rings. The molecule has 5 heteroatoms. The molecule has 3 rings (SSSR count). The van der Waals surface area contributed by atoms with Gasteiger partial charge in [0, 0.05) is 6.08 Å². The second kappa shape index (κ2) is 8.58. The highest BCUT2D eigenvalue weighted by Gasteiger charge is 2.24. The lowest BCUT2D eigenvalue weighted by Crippen LogP contribution is -2.20. The molecule has 0 fully saturated rings. The molecular formula is C22H17NO4. The van der Waals surface area contributed by atoms with Crippen LogP contribution in [-0.2, 0) is 4.79 Å². The number of esters is 1. The molecule has 27 heavy (non-hydrogen) atoms. The van der Waals surface area contributed by atoms with Crippen LogP contribution in [0.5, 0.6) is 5.75 Å². The van der Waals surface area contributed by atoms with Crippen molar-refractivity contribution in [3.8, 4) is 5.75 Å². The Balaban J connectivity index is 1.88. The van der Waals surface area contributed by atoms with Crippen LogP contribution in [0, 0.1) is 10.1 Å². The number of rotatable bonds is 6. The molecule has 0 atom stereocenters. The second-order valence-corrected chi connectivity index (χ2v) is 5.85. The van der Waals surface area contributed by atoms with Gasteiger partial charge >= 0.3 is 5.97 Å². The van der Waals surface area contributed by atoms with Gasteiger partial charge in [-0.1, -0.05) is 72.8 Å². The van der Waals surface area contributed by atoms with Gasteiger partial charge < -0.3 is 4.74 Å². The summed E-state index contributed by atoms with van der Waals surface area (Å²) in [5.74, 6) is -0.643. The number of hydrogen-bond donors (Lipinski definition) is 0. The summed E-state index contributed by atoms with van der Waals surface area (Å²) in [6.45, 7) is 0. The highest BCUT2D eigenvalue weighted by molar-refractivity contribution is 5.84. The minimum Gasteiger partial charge on any atom is -0.426 e. The van der Waals surface area contributed by atoms with Crippen molar-refractivity contribution in [3.63, 3.8) is 0 Å². The summed E-state index contributed by atoms with van der Waals surface area (Å²) >= 11 is 0. The zero-order chi connectivity index (χ0) is 19.1. The molecule has 0 bridgehead atoms. The van der Waals surface area contributed by atoms with E-state index in [1.807, 2.05) is 60.7 Å². The van der Waals surface area contributed by atoms with E-state index in [-0.39, 0.29) is 0 Å². The van der Waals surface area contributed by atoms with Crippen molar-refractivity contribution in [2.45, 2.75) is 5.92 Å². The molecule has 0 aliphatic heterocycles. The maximum atomic E-state index is 12.9. The third-order valence-corrected chi connectivity index (χ3v) is 3.97. The van der Waals surface area contributed by atoms with Crippen molar-refractivity contribution >= 4 is 12.0 Å². The molecule has 0 aromatic heterocycles. The molecule has 3 aromatic rings. The number of ether oxygens (including phenoxy) is 1. The van der Waals surface area contributed by atoms with Gasteiger partial charge in [-0.15, -0.1) is 0 Å². The maximum Gasteiger partial charge on any atom is 0.323 e. The van der Waals surface area contributed by atoms with Crippen molar-refractivity contribution in [2.24, 2.45) is 0 Å². The number of carbonyl (C=O) groups is 1. The van der Waals surface area contributed by atoms with Gasteiger partial charge in [-0.05, 0) is 28.8 Å². The number of benzene rings is 3. The first kappa shape index (κ1) is 18.1. The summed E-state index contributed by atoms with van der Waals surface area (Å²) in [6, 6.07) is 25.4. The van der Waals surface area contributed by atoms with E-state index >= 15 is 0 Å². The maximum absolute atomic E-state index is 12.9. The Morgan fingerprint density at radius 2 is 1.48 bits per heavy atom. The van der Waals surface area contributed by atoms with E-state index < -0.39 is 16.8 Å². The highest BCUT2D eigenvalue weighted by Crippen LogP contribution is 2.27. The Bertz CT molecular complexity index is 913. The van der Waals surface area contributed by atoms with Crippen molar-refractivity contribution in [3.05, 3.63) is 118 Å². The number of nitrogens with zero attached hydrogens (tertiary/aromatic N) is 1. The van der Waals surface area contributed by atoms with E-state index in [4.69, 9.17) is 4.74 Å². The molecule has 0 N–H and O–H groups in total. The molecule has 3 aromatic carbocycles. The second-order valence-electron chi connectivity index (χ2n) is 5.85. The molecule has 0 spiro atoms. The van der Waals surface area contributed by atoms with Crippen molar-refractivity contribution in [2.75, 3.05) is 0 Å². The average Bonchev–Trinajstić information content (AvgIpc) is 2.68. The van der Waals surface area contributed by atoms with Crippen LogP contribution in [-0.4, -0.2) is 10.9 Å². The monoisotopic (exact) mass is 359 g/mol. The van der Waals surface area contributed by atoms with Crippen LogP contribution >= 0.6 is 0 Å². The smallest absolute Gasteiger partial charge is 0.323 e. The minimum absolute atomic E-state index is 0.336.